The Morgan fingerprint density at radius 1 is 1.36 bits per heavy atom. The van der Waals surface area contributed by atoms with Crippen LogP contribution in [0.4, 0.5) is 5.69 Å². The van der Waals surface area contributed by atoms with Crippen LogP contribution in [-0.2, 0) is 15.8 Å². The molecule has 0 aliphatic carbocycles. The van der Waals surface area contributed by atoms with E-state index in [-0.39, 0.29) is 0 Å². The molecule has 2 N–H and O–H groups in total. The molecule has 0 saturated heterocycles. The number of anilines is 1. The normalized spacial score (nSPS) is 16.7. The van der Waals surface area contributed by atoms with E-state index in [0.29, 0.717) is 29.5 Å². The highest BCUT2D eigenvalue weighted by Gasteiger charge is 2.37. The maximum atomic E-state index is 12.2. The van der Waals surface area contributed by atoms with Gasteiger partial charge in [0.05, 0.1) is 11.6 Å². The highest BCUT2D eigenvalue weighted by Crippen LogP contribution is 2.41. The minimum atomic E-state index is -1.42. The maximum Gasteiger partial charge on any atom is 0.309 e. The molecule has 4 rings (SSSR count). The zero-order valence-electron chi connectivity index (χ0n) is 18.8. The molecule has 0 bridgehead atoms. The monoisotopic (exact) mass is 483 g/mol. The van der Waals surface area contributed by atoms with Crippen LogP contribution in [0.15, 0.2) is 41.2 Å². The van der Waals surface area contributed by atoms with Gasteiger partial charge in [0.2, 0.25) is 0 Å². The van der Waals surface area contributed by atoms with Crippen LogP contribution >= 0.6 is 11.3 Å². The summed E-state index contributed by atoms with van der Waals surface area (Å²) < 4.78 is 16.8. The molecule has 3 aromatic rings. The van der Waals surface area contributed by atoms with Crippen molar-refractivity contribution in [2.45, 2.75) is 40.2 Å². The fraction of sp³-hybridized carbons (Fsp3) is 0.304. The number of aliphatic carboxylic acids is 1. The smallest absolute Gasteiger partial charge is 0.309 e. The number of fused-ring (bicyclic) bond motifs is 3. The second-order valence-electron chi connectivity index (χ2n) is 7.83. The SMILES string of the molecule is C=CS(=O)Nc1cccc(C2=NC(C(CC)C(=O)O)c3nnc(C)n3-c3sc(C)c(C)c32)c1. The van der Waals surface area contributed by atoms with Crippen LogP contribution in [0.3, 0.4) is 0 Å². The molecule has 0 spiro atoms. The van der Waals surface area contributed by atoms with Crippen molar-refractivity contribution in [2.24, 2.45) is 10.9 Å². The molecule has 0 fully saturated rings. The second kappa shape index (κ2) is 9.03. The van der Waals surface area contributed by atoms with Crippen molar-refractivity contribution < 1.29 is 14.1 Å². The van der Waals surface area contributed by atoms with Crippen LogP contribution < -0.4 is 4.72 Å². The van der Waals surface area contributed by atoms with E-state index in [1.165, 1.54) is 5.41 Å². The van der Waals surface area contributed by atoms with Gasteiger partial charge in [-0.15, -0.1) is 21.5 Å². The van der Waals surface area contributed by atoms with E-state index >= 15 is 0 Å². The Bertz CT molecular complexity index is 1310. The van der Waals surface area contributed by atoms with Gasteiger partial charge in [-0.25, -0.2) is 4.21 Å². The lowest BCUT2D eigenvalue weighted by Gasteiger charge is -2.19. The number of hydrogen-bond donors (Lipinski definition) is 2. The summed E-state index contributed by atoms with van der Waals surface area (Å²) in [5.41, 5.74) is 4.15. The number of carbonyl (C=O) groups is 1. The van der Waals surface area contributed by atoms with Crippen LogP contribution in [0, 0.1) is 26.7 Å². The molecular formula is C23H25N5O3S2. The third kappa shape index (κ3) is 4.04. The average Bonchev–Trinajstić information content (AvgIpc) is 3.25. The molecule has 0 radical (unpaired) electrons. The number of nitrogens with one attached hydrogen (secondary N) is 1. The van der Waals surface area contributed by atoms with Crippen LogP contribution in [0.1, 0.15) is 52.6 Å². The van der Waals surface area contributed by atoms with Crippen molar-refractivity contribution >= 4 is 39.7 Å². The Morgan fingerprint density at radius 3 is 2.79 bits per heavy atom. The molecule has 33 heavy (non-hydrogen) atoms. The molecule has 8 nitrogen and oxygen atoms in total. The number of benzene rings is 1. The highest BCUT2D eigenvalue weighted by molar-refractivity contribution is 7.89. The van der Waals surface area contributed by atoms with E-state index in [1.807, 2.05) is 49.6 Å². The van der Waals surface area contributed by atoms with Gasteiger partial charge in [-0.2, -0.15) is 0 Å². The zero-order chi connectivity index (χ0) is 23.9. The fourth-order valence-corrected chi connectivity index (χ4v) is 5.69. The van der Waals surface area contributed by atoms with Gasteiger partial charge in [0.25, 0.3) is 0 Å². The first-order chi connectivity index (χ1) is 15.8. The number of hydrogen-bond acceptors (Lipinski definition) is 6. The number of carboxylic acid groups (broad SMARTS) is 1. The number of aryl methyl sites for hydroxylation is 2. The molecule has 1 aliphatic heterocycles. The van der Waals surface area contributed by atoms with Gasteiger partial charge < -0.3 is 9.83 Å². The number of aromatic nitrogens is 3. The fourth-order valence-electron chi connectivity index (χ4n) is 4.04. The first-order valence-corrected chi connectivity index (χ1v) is 12.5. The summed E-state index contributed by atoms with van der Waals surface area (Å²) in [4.78, 5) is 18.3. The van der Waals surface area contributed by atoms with Gasteiger partial charge in [0.15, 0.2) is 5.82 Å². The van der Waals surface area contributed by atoms with E-state index in [4.69, 9.17) is 4.99 Å². The van der Waals surface area contributed by atoms with E-state index in [2.05, 4.69) is 28.4 Å². The Morgan fingerprint density at radius 2 is 2.12 bits per heavy atom. The molecule has 10 heteroatoms. The Labute approximate surface area is 198 Å². The quantitative estimate of drug-likeness (QED) is 0.515. The van der Waals surface area contributed by atoms with Crippen LogP contribution in [0.25, 0.3) is 5.00 Å². The highest BCUT2D eigenvalue weighted by atomic mass is 32.2. The molecule has 0 amide bonds. The molecule has 0 saturated carbocycles. The van der Waals surface area contributed by atoms with Gasteiger partial charge >= 0.3 is 5.97 Å². The number of thiophene rings is 1. The number of aliphatic imine (C=N–C) groups is 1. The molecule has 1 aliphatic rings. The lowest BCUT2D eigenvalue weighted by molar-refractivity contribution is -0.142. The summed E-state index contributed by atoms with van der Waals surface area (Å²) in [7, 11) is -1.42. The second-order valence-corrected chi connectivity index (χ2v) is 10.2. The van der Waals surface area contributed by atoms with Crippen molar-refractivity contribution in [3.8, 4) is 5.00 Å². The van der Waals surface area contributed by atoms with Crippen molar-refractivity contribution in [2.75, 3.05) is 4.72 Å². The van der Waals surface area contributed by atoms with E-state index < -0.39 is 28.9 Å². The Hall–Kier alpha value is -3.11. The molecule has 1 aromatic carbocycles. The predicted octanol–water partition coefficient (Wildman–Crippen LogP) is 4.48. The Kier molecular flexibility index (Phi) is 6.31. The van der Waals surface area contributed by atoms with Crippen molar-refractivity contribution in [3.63, 3.8) is 0 Å². The average molecular weight is 484 g/mol. The lowest BCUT2D eigenvalue weighted by Crippen LogP contribution is -2.23. The van der Waals surface area contributed by atoms with Gasteiger partial charge in [-0.05, 0) is 44.9 Å². The summed E-state index contributed by atoms with van der Waals surface area (Å²) in [6, 6.07) is 6.76. The molecule has 3 heterocycles. The van der Waals surface area contributed by atoms with Gasteiger partial charge in [0, 0.05) is 27.1 Å². The van der Waals surface area contributed by atoms with Crippen LogP contribution in [0.2, 0.25) is 0 Å². The van der Waals surface area contributed by atoms with Crippen molar-refractivity contribution in [3.05, 3.63) is 69.5 Å². The van der Waals surface area contributed by atoms with Crippen molar-refractivity contribution in [1.82, 2.24) is 14.8 Å². The standard InChI is InChI=1S/C23H25N5O3S2/c1-6-17(23(29)30)20-21-26-25-14(5)28(21)22-18(12(3)13(4)32-22)19(24-20)15-9-8-10-16(11-15)27-33(31)7-2/h7-11,17,20,27H,2,6H2,1,3-5H3,(H,29,30). The van der Waals surface area contributed by atoms with Gasteiger partial charge in [-0.3, -0.25) is 14.4 Å². The van der Waals surface area contributed by atoms with Crippen molar-refractivity contribution in [1.29, 1.82) is 0 Å². The topological polar surface area (TPSA) is 109 Å². The summed E-state index contributed by atoms with van der Waals surface area (Å²) in [5, 5.41) is 20.8. The van der Waals surface area contributed by atoms with E-state index in [9.17, 15) is 14.1 Å². The first-order valence-electron chi connectivity index (χ1n) is 10.5. The number of nitrogens with zero attached hydrogens (tertiary/aromatic N) is 4. The number of carboxylic acids is 1. The summed E-state index contributed by atoms with van der Waals surface area (Å²) in [6.45, 7) is 11.4. The van der Waals surface area contributed by atoms with Crippen LogP contribution in [-0.4, -0.2) is 35.8 Å². The molecular weight excluding hydrogens is 458 g/mol. The minimum Gasteiger partial charge on any atom is -0.481 e. The Balaban J connectivity index is 2.00. The molecule has 172 valence electrons. The molecule has 3 unspecified atom stereocenters. The zero-order valence-corrected chi connectivity index (χ0v) is 20.5. The largest absolute Gasteiger partial charge is 0.481 e. The van der Waals surface area contributed by atoms with Gasteiger partial charge in [0.1, 0.15) is 27.9 Å². The lowest BCUT2D eigenvalue weighted by atomic mass is 9.95. The third-order valence-electron chi connectivity index (χ3n) is 5.83. The molecule has 3 atom stereocenters. The maximum absolute atomic E-state index is 12.2. The summed E-state index contributed by atoms with van der Waals surface area (Å²) in [5.74, 6) is -0.465. The first kappa shape index (κ1) is 23.1. The minimum absolute atomic E-state index is 0.397. The van der Waals surface area contributed by atoms with Gasteiger partial charge in [-0.1, -0.05) is 25.6 Å². The summed E-state index contributed by atoms with van der Waals surface area (Å²) in [6.07, 6.45) is 0.397. The molecule has 2 aromatic heterocycles. The summed E-state index contributed by atoms with van der Waals surface area (Å²) >= 11 is 1.62. The number of rotatable bonds is 7. The van der Waals surface area contributed by atoms with Crippen LogP contribution in [0.5, 0.6) is 0 Å². The third-order valence-corrected chi connectivity index (χ3v) is 7.77. The van der Waals surface area contributed by atoms with E-state index in [1.54, 1.807) is 11.3 Å². The van der Waals surface area contributed by atoms with E-state index in [0.717, 1.165) is 26.6 Å². The predicted molar refractivity (Wildman–Crippen MR) is 132 cm³/mol.